The van der Waals surface area contributed by atoms with Gasteiger partial charge in [0.1, 0.15) is 11.5 Å². The molecule has 0 spiro atoms. The molecule has 1 aromatic heterocycles. The van der Waals surface area contributed by atoms with E-state index in [1.807, 2.05) is 0 Å². The number of benzene rings is 2. The number of carbonyl (C=O) groups excluding carboxylic acids is 1. The Kier molecular flexibility index (Phi) is 4.19. The van der Waals surface area contributed by atoms with Crippen LogP contribution in [-0.4, -0.2) is 33.8 Å². The molecule has 0 unspecified atom stereocenters. The van der Waals surface area contributed by atoms with Gasteiger partial charge in [-0.2, -0.15) is 0 Å². The van der Waals surface area contributed by atoms with E-state index in [-0.39, 0.29) is 17.7 Å². The summed E-state index contributed by atoms with van der Waals surface area (Å²) >= 11 is 0. The van der Waals surface area contributed by atoms with Crippen LogP contribution in [0.15, 0.2) is 42.5 Å². The van der Waals surface area contributed by atoms with Gasteiger partial charge in [0.15, 0.2) is 0 Å². The molecule has 128 valence electrons. The summed E-state index contributed by atoms with van der Waals surface area (Å²) in [6.07, 6.45) is -0.212. The van der Waals surface area contributed by atoms with E-state index in [1.54, 1.807) is 37.3 Å². The number of phenols is 1. The minimum atomic E-state index is -0.986. The van der Waals surface area contributed by atoms with Gasteiger partial charge in [0.25, 0.3) is 5.91 Å². The lowest BCUT2D eigenvalue weighted by Gasteiger charge is -2.09. The fraction of sp³-hybridized carbons (Fsp3) is 0.158. The molecule has 0 atom stereocenters. The average molecular weight is 339 g/mol. The van der Waals surface area contributed by atoms with Crippen LogP contribution in [0, 0.1) is 6.92 Å². The lowest BCUT2D eigenvalue weighted by molar-refractivity contribution is -0.136. The zero-order chi connectivity index (χ0) is 18.1. The second-order valence-electron chi connectivity index (χ2n) is 5.68. The molecule has 3 rings (SSSR count). The SMILES string of the molecule is COc1ccc2c(c1)c(CC(=O)O)c(C)n2C(=O)c1ccccc1O. The van der Waals surface area contributed by atoms with Gasteiger partial charge in [-0.15, -0.1) is 0 Å². The second kappa shape index (κ2) is 6.32. The third kappa shape index (κ3) is 2.82. The topological polar surface area (TPSA) is 88.8 Å². The van der Waals surface area contributed by atoms with E-state index in [9.17, 15) is 19.8 Å². The highest BCUT2D eigenvalue weighted by molar-refractivity contribution is 6.06. The molecule has 0 saturated heterocycles. The number of aliphatic carboxylic acids is 1. The molecule has 0 amide bonds. The van der Waals surface area contributed by atoms with Gasteiger partial charge >= 0.3 is 5.97 Å². The zero-order valence-electron chi connectivity index (χ0n) is 13.8. The van der Waals surface area contributed by atoms with Gasteiger partial charge in [-0.25, -0.2) is 0 Å². The van der Waals surface area contributed by atoms with Gasteiger partial charge in [0, 0.05) is 11.1 Å². The van der Waals surface area contributed by atoms with Crippen LogP contribution < -0.4 is 4.74 Å². The monoisotopic (exact) mass is 339 g/mol. The number of carboxylic acid groups (broad SMARTS) is 1. The quantitative estimate of drug-likeness (QED) is 0.763. The van der Waals surface area contributed by atoms with E-state index in [0.29, 0.717) is 27.9 Å². The summed E-state index contributed by atoms with van der Waals surface area (Å²) in [6.45, 7) is 1.70. The number of ether oxygens (including phenoxy) is 1. The molecular weight excluding hydrogens is 322 g/mol. The maximum absolute atomic E-state index is 13.0. The highest BCUT2D eigenvalue weighted by Gasteiger charge is 2.23. The zero-order valence-corrected chi connectivity index (χ0v) is 13.8. The largest absolute Gasteiger partial charge is 0.507 e. The van der Waals surface area contributed by atoms with Crippen LogP contribution >= 0.6 is 0 Å². The van der Waals surface area contributed by atoms with Gasteiger partial charge in [0.2, 0.25) is 0 Å². The Bertz CT molecular complexity index is 987. The van der Waals surface area contributed by atoms with Crippen LogP contribution in [0.25, 0.3) is 10.9 Å². The molecule has 6 heteroatoms. The molecule has 0 saturated carbocycles. The standard InChI is InChI=1S/C19H17NO5/c1-11-14(10-18(22)23)15-9-12(25-2)7-8-16(15)20(11)19(24)13-5-3-4-6-17(13)21/h3-9,21H,10H2,1-2H3,(H,22,23). The van der Waals surface area contributed by atoms with Crippen LogP contribution in [0.2, 0.25) is 0 Å². The van der Waals surface area contributed by atoms with E-state index < -0.39 is 11.9 Å². The molecule has 0 aliphatic rings. The van der Waals surface area contributed by atoms with Crippen LogP contribution in [0.3, 0.4) is 0 Å². The molecular formula is C19H17NO5. The average Bonchev–Trinajstić information content (AvgIpc) is 2.85. The number of para-hydroxylation sites is 1. The number of hydrogen-bond acceptors (Lipinski definition) is 4. The molecule has 0 radical (unpaired) electrons. The Morgan fingerprint density at radius 2 is 1.88 bits per heavy atom. The van der Waals surface area contributed by atoms with Crippen LogP contribution in [0.4, 0.5) is 0 Å². The van der Waals surface area contributed by atoms with Crippen molar-refractivity contribution >= 4 is 22.8 Å². The number of phenolic OH excluding ortho intramolecular Hbond substituents is 1. The van der Waals surface area contributed by atoms with Crippen molar-refractivity contribution in [1.29, 1.82) is 0 Å². The highest BCUT2D eigenvalue weighted by Crippen LogP contribution is 2.31. The molecule has 2 aromatic carbocycles. The first-order valence-corrected chi connectivity index (χ1v) is 7.66. The summed E-state index contributed by atoms with van der Waals surface area (Å²) in [5, 5.41) is 19.9. The number of hydrogen-bond donors (Lipinski definition) is 2. The minimum absolute atomic E-state index is 0.123. The van der Waals surface area contributed by atoms with Gasteiger partial charge in [-0.1, -0.05) is 12.1 Å². The Hall–Kier alpha value is -3.28. The number of fused-ring (bicyclic) bond motifs is 1. The van der Waals surface area contributed by atoms with Gasteiger partial charge in [-0.05, 0) is 42.8 Å². The maximum atomic E-state index is 13.0. The summed E-state index contributed by atoms with van der Waals surface area (Å²) in [7, 11) is 1.52. The Balaban J connectivity index is 2.28. The molecule has 25 heavy (non-hydrogen) atoms. The Labute approximate surface area is 143 Å². The molecule has 6 nitrogen and oxygen atoms in total. The first-order chi connectivity index (χ1) is 11.9. The normalized spacial score (nSPS) is 10.8. The van der Waals surface area contributed by atoms with E-state index in [1.165, 1.54) is 23.8 Å². The Morgan fingerprint density at radius 3 is 2.52 bits per heavy atom. The van der Waals surface area contributed by atoms with Crippen molar-refractivity contribution in [3.8, 4) is 11.5 Å². The van der Waals surface area contributed by atoms with Crippen LogP contribution in [0.1, 0.15) is 21.6 Å². The van der Waals surface area contributed by atoms with E-state index >= 15 is 0 Å². The number of rotatable bonds is 4. The number of carboxylic acids is 1. The minimum Gasteiger partial charge on any atom is -0.507 e. The van der Waals surface area contributed by atoms with E-state index in [4.69, 9.17) is 4.74 Å². The summed E-state index contributed by atoms with van der Waals surface area (Å²) in [6, 6.07) is 11.4. The van der Waals surface area contributed by atoms with Crippen molar-refractivity contribution in [2.75, 3.05) is 7.11 Å². The highest BCUT2D eigenvalue weighted by atomic mass is 16.5. The molecule has 1 heterocycles. The van der Waals surface area contributed by atoms with Gasteiger partial charge in [-0.3, -0.25) is 14.2 Å². The third-order valence-electron chi connectivity index (χ3n) is 4.21. The van der Waals surface area contributed by atoms with Crippen molar-refractivity contribution in [2.24, 2.45) is 0 Å². The molecule has 2 N–H and O–H groups in total. The van der Waals surface area contributed by atoms with Crippen molar-refractivity contribution in [1.82, 2.24) is 4.57 Å². The lowest BCUT2D eigenvalue weighted by atomic mass is 10.1. The predicted molar refractivity (Wildman–Crippen MR) is 92.4 cm³/mol. The summed E-state index contributed by atoms with van der Waals surface area (Å²) in [5.74, 6) is -0.948. The van der Waals surface area contributed by atoms with Crippen molar-refractivity contribution < 1.29 is 24.5 Å². The first-order valence-electron chi connectivity index (χ1n) is 7.66. The Morgan fingerprint density at radius 1 is 1.16 bits per heavy atom. The first kappa shape index (κ1) is 16.6. The molecule has 0 aliphatic carbocycles. The number of nitrogens with zero attached hydrogens (tertiary/aromatic N) is 1. The van der Waals surface area contributed by atoms with E-state index in [2.05, 4.69) is 0 Å². The second-order valence-corrected chi connectivity index (χ2v) is 5.68. The molecule has 0 aliphatic heterocycles. The maximum Gasteiger partial charge on any atom is 0.307 e. The fourth-order valence-corrected chi connectivity index (χ4v) is 3.00. The molecule has 3 aromatic rings. The number of aromatic hydroxyl groups is 1. The fourth-order valence-electron chi connectivity index (χ4n) is 3.00. The van der Waals surface area contributed by atoms with Crippen molar-refractivity contribution in [2.45, 2.75) is 13.3 Å². The van der Waals surface area contributed by atoms with Crippen LogP contribution in [-0.2, 0) is 11.2 Å². The van der Waals surface area contributed by atoms with Crippen LogP contribution in [0.5, 0.6) is 11.5 Å². The van der Waals surface area contributed by atoms with Crippen molar-refractivity contribution in [3.63, 3.8) is 0 Å². The molecule has 0 bridgehead atoms. The lowest BCUT2D eigenvalue weighted by Crippen LogP contribution is -2.14. The summed E-state index contributed by atoms with van der Waals surface area (Å²) in [4.78, 5) is 24.2. The smallest absolute Gasteiger partial charge is 0.307 e. The number of carbonyl (C=O) groups is 2. The summed E-state index contributed by atoms with van der Waals surface area (Å²) in [5.41, 5.74) is 1.80. The van der Waals surface area contributed by atoms with Crippen molar-refractivity contribution in [3.05, 3.63) is 59.3 Å². The third-order valence-corrected chi connectivity index (χ3v) is 4.21. The van der Waals surface area contributed by atoms with Gasteiger partial charge in [0.05, 0.1) is 24.6 Å². The summed E-state index contributed by atoms with van der Waals surface area (Å²) < 4.78 is 6.65. The predicted octanol–water partition coefficient (Wildman–Crippen LogP) is 2.98. The number of aromatic nitrogens is 1. The molecule has 0 fully saturated rings. The van der Waals surface area contributed by atoms with Gasteiger partial charge < -0.3 is 14.9 Å². The number of methoxy groups -OCH3 is 1. The van der Waals surface area contributed by atoms with E-state index in [0.717, 1.165) is 0 Å².